The van der Waals surface area contributed by atoms with E-state index in [1.165, 1.54) is 0 Å². The molecule has 1 aliphatic rings. The van der Waals surface area contributed by atoms with Crippen molar-refractivity contribution in [3.05, 3.63) is 54.7 Å². The fourth-order valence-corrected chi connectivity index (χ4v) is 5.89. The minimum absolute atomic E-state index is 0.0355. The summed E-state index contributed by atoms with van der Waals surface area (Å²) >= 11 is 0. The van der Waals surface area contributed by atoms with Gasteiger partial charge in [0.25, 0.3) is 0 Å². The molecular formula is C28H26N4O4. The molecule has 8 nitrogen and oxygen atoms in total. The van der Waals surface area contributed by atoms with Crippen LogP contribution >= 0.6 is 0 Å². The second kappa shape index (κ2) is 8.09. The van der Waals surface area contributed by atoms with E-state index in [1.807, 2.05) is 48.7 Å². The molecule has 0 spiro atoms. The number of ether oxygens (including phenoxy) is 1. The zero-order valence-electron chi connectivity index (χ0n) is 19.9. The third-order valence-corrected chi connectivity index (χ3v) is 7.45. The van der Waals surface area contributed by atoms with Gasteiger partial charge in [0.15, 0.2) is 5.88 Å². The van der Waals surface area contributed by atoms with Gasteiger partial charge in [0.1, 0.15) is 12.8 Å². The minimum Gasteiger partial charge on any atom is -0.494 e. The fraction of sp³-hybridized carbons (Fsp3) is 0.250. The van der Waals surface area contributed by atoms with Gasteiger partial charge in [-0.15, -0.1) is 0 Å². The van der Waals surface area contributed by atoms with Crippen molar-refractivity contribution in [3.63, 3.8) is 0 Å². The van der Waals surface area contributed by atoms with Crippen LogP contribution in [-0.4, -0.2) is 57.1 Å². The third kappa shape index (κ3) is 2.95. The number of aromatic hydroxyl groups is 1. The molecule has 182 valence electrons. The lowest BCUT2D eigenvalue weighted by molar-refractivity contribution is -0.240. The van der Waals surface area contributed by atoms with Crippen LogP contribution in [0.25, 0.3) is 54.4 Å². The number of para-hydroxylation sites is 2. The molecule has 7 rings (SSSR count). The smallest absolute Gasteiger partial charge is 0.248 e. The van der Waals surface area contributed by atoms with Crippen LogP contribution < -0.4 is 0 Å². The fourth-order valence-electron chi connectivity index (χ4n) is 5.89. The van der Waals surface area contributed by atoms with E-state index in [4.69, 9.17) is 9.57 Å². The number of H-pyrrole nitrogens is 2. The van der Waals surface area contributed by atoms with Gasteiger partial charge in [-0.1, -0.05) is 36.4 Å². The van der Waals surface area contributed by atoms with E-state index in [2.05, 4.69) is 16.0 Å². The zero-order valence-corrected chi connectivity index (χ0v) is 19.9. The summed E-state index contributed by atoms with van der Waals surface area (Å²) < 4.78 is 7.66. The monoisotopic (exact) mass is 482 g/mol. The Labute approximate surface area is 205 Å². The number of carbonyl (C=O) groups is 1. The third-order valence-electron chi connectivity index (χ3n) is 7.45. The Kier molecular flexibility index (Phi) is 4.82. The first kappa shape index (κ1) is 21.4. The van der Waals surface area contributed by atoms with E-state index in [1.54, 1.807) is 16.7 Å². The lowest BCUT2D eigenvalue weighted by Crippen LogP contribution is -2.42. The average molecular weight is 483 g/mol. The van der Waals surface area contributed by atoms with Crippen molar-refractivity contribution in [2.75, 3.05) is 20.3 Å². The van der Waals surface area contributed by atoms with E-state index in [0.29, 0.717) is 12.0 Å². The molecule has 8 heteroatoms. The number of fused-ring (bicyclic) bond motifs is 10. The second-order valence-corrected chi connectivity index (χ2v) is 9.40. The van der Waals surface area contributed by atoms with Crippen molar-refractivity contribution in [3.8, 4) is 5.88 Å². The number of aromatic amines is 2. The molecule has 3 N–H and O–H groups in total. The molecule has 0 radical (unpaired) electrons. The maximum Gasteiger partial charge on any atom is 0.248 e. The molecule has 3 aromatic heterocycles. The number of rotatable bonds is 4. The summed E-state index contributed by atoms with van der Waals surface area (Å²) in [5.41, 5.74) is 3.36. The Morgan fingerprint density at radius 2 is 1.89 bits per heavy atom. The quantitative estimate of drug-likeness (QED) is 0.282. The molecule has 1 saturated heterocycles. The average Bonchev–Trinajstić information content (AvgIpc) is 3.59. The van der Waals surface area contributed by atoms with Crippen molar-refractivity contribution >= 4 is 60.3 Å². The van der Waals surface area contributed by atoms with E-state index in [9.17, 15) is 9.90 Å². The summed E-state index contributed by atoms with van der Waals surface area (Å²) in [5, 5.41) is 17.9. The zero-order chi connectivity index (χ0) is 24.4. The number of hydrogen-bond donors (Lipinski definition) is 3. The van der Waals surface area contributed by atoms with E-state index < -0.39 is 0 Å². The normalized spacial score (nSPS) is 16.9. The van der Waals surface area contributed by atoms with Gasteiger partial charge in [-0.2, -0.15) is 5.06 Å². The van der Waals surface area contributed by atoms with Gasteiger partial charge in [-0.3, -0.25) is 14.2 Å². The Balaban J connectivity index is 1.56. The van der Waals surface area contributed by atoms with Crippen LogP contribution in [0.4, 0.5) is 0 Å². The first-order valence-electron chi connectivity index (χ1n) is 12.3. The Hall–Kier alpha value is -3.85. The van der Waals surface area contributed by atoms with Crippen molar-refractivity contribution in [1.82, 2.24) is 19.6 Å². The number of hydroxylamine groups is 2. The number of carbonyl (C=O) groups excluding carboxylic acids is 1. The largest absolute Gasteiger partial charge is 0.494 e. The maximum absolute atomic E-state index is 14.1. The Bertz CT molecular complexity index is 1790. The maximum atomic E-state index is 14.1. The highest BCUT2D eigenvalue weighted by Gasteiger charge is 2.29. The van der Waals surface area contributed by atoms with Gasteiger partial charge in [0.05, 0.1) is 29.0 Å². The van der Waals surface area contributed by atoms with Gasteiger partial charge >= 0.3 is 0 Å². The van der Waals surface area contributed by atoms with Crippen LogP contribution in [0.1, 0.15) is 24.1 Å². The van der Waals surface area contributed by atoms with Gasteiger partial charge in [-0.05, 0) is 31.4 Å². The van der Waals surface area contributed by atoms with Gasteiger partial charge in [0.2, 0.25) is 5.91 Å². The topological polar surface area (TPSA) is 95.5 Å². The van der Waals surface area contributed by atoms with Gasteiger partial charge in [-0.25, -0.2) is 0 Å². The molecule has 1 atom stereocenters. The predicted molar refractivity (Wildman–Crippen MR) is 140 cm³/mol. The van der Waals surface area contributed by atoms with Gasteiger partial charge in [0, 0.05) is 45.3 Å². The van der Waals surface area contributed by atoms with E-state index in [-0.39, 0.29) is 24.6 Å². The molecule has 4 heterocycles. The molecule has 0 unspecified atom stereocenters. The first-order chi connectivity index (χ1) is 17.7. The molecule has 0 amide bonds. The van der Waals surface area contributed by atoms with Crippen molar-refractivity contribution in [1.29, 1.82) is 0 Å². The van der Waals surface area contributed by atoms with Crippen molar-refractivity contribution in [2.24, 2.45) is 0 Å². The molecule has 1 aliphatic heterocycles. The van der Waals surface area contributed by atoms with Crippen LogP contribution in [0, 0.1) is 0 Å². The Morgan fingerprint density at radius 1 is 1.08 bits per heavy atom. The SMILES string of the molecule is CON(CC(=O)n1c2ccccc2c2c3c(O)[nH]cc3c3c4ccccc4[nH]c3c21)[C@H]1CCCCO1. The molecule has 0 saturated carbocycles. The molecule has 3 aromatic carbocycles. The van der Waals surface area contributed by atoms with Crippen LogP contribution in [0.3, 0.4) is 0 Å². The lowest BCUT2D eigenvalue weighted by atomic mass is 10.0. The standard InChI is InChI=1S/C28H26N4O4/c1-35-31(22-12-6-7-13-36-22)15-21(33)32-20-11-5-3-9-17(20)24-25-18(14-29-28(25)34)23-16-8-2-4-10-19(16)30-26(23)27(24)32/h2-5,8-11,14,22,29-30,34H,6-7,12-13,15H2,1H3/t22-/m1/s1. The number of hydrogen-bond acceptors (Lipinski definition) is 5. The summed E-state index contributed by atoms with van der Waals surface area (Å²) in [5.74, 6) is -0.0433. The highest BCUT2D eigenvalue weighted by atomic mass is 16.7. The lowest BCUT2D eigenvalue weighted by Gasteiger charge is -2.31. The summed E-state index contributed by atoms with van der Waals surface area (Å²) in [4.78, 5) is 26.3. The number of nitrogens with zero attached hydrogens (tertiary/aromatic N) is 2. The summed E-state index contributed by atoms with van der Waals surface area (Å²) in [6, 6.07) is 15.9. The number of aromatic nitrogens is 3. The van der Waals surface area contributed by atoms with Crippen LogP contribution in [-0.2, 0) is 9.57 Å². The van der Waals surface area contributed by atoms with Gasteiger partial charge < -0.3 is 19.8 Å². The van der Waals surface area contributed by atoms with Crippen molar-refractivity contribution in [2.45, 2.75) is 25.5 Å². The van der Waals surface area contributed by atoms with Crippen LogP contribution in [0.2, 0.25) is 0 Å². The summed E-state index contributed by atoms with van der Waals surface area (Å²) in [7, 11) is 1.58. The predicted octanol–water partition coefficient (Wildman–Crippen LogP) is 5.65. The molecule has 1 fully saturated rings. The number of nitrogens with one attached hydrogen (secondary N) is 2. The highest BCUT2D eigenvalue weighted by Crippen LogP contribution is 2.45. The molecule has 6 aromatic rings. The first-order valence-corrected chi connectivity index (χ1v) is 12.3. The van der Waals surface area contributed by atoms with E-state index >= 15 is 0 Å². The van der Waals surface area contributed by atoms with Crippen LogP contribution in [0.5, 0.6) is 5.88 Å². The second-order valence-electron chi connectivity index (χ2n) is 9.40. The highest BCUT2D eigenvalue weighted by molar-refractivity contribution is 6.37. The molecule has 0 bridgehead atoms. The van der Waals surface area contributed by atoms with Crippen LogP contribution in [0.15, 0.2) is 54.7 Å². The molecule has 0 aliphatic carbocycles. The Morgan fingerprint density at radius 3 is 2.69 bits per heavy atom. The van der Waals surface area contributed by atoms with Crippen molar-refractivity contribution < 1.29 is 19.5 Å². The summed E-state index contributed by atoms with van der Waals surface area (Å²) in [6.07, 6.45) is 4.46. The minimum atomic E-state index is -0.255. The van der Waals surface area contributed by atoms with E-state index in [0.717, 1.165) is 68.3 Å². The number of benzene rings is 3. The summed E-state index contributed by atoms with van der Waals surface area (Å²) in [6.45, 7) is 0.697. The molecular weight excluding hydrogens is 456 g/mol. The molecule has 36 heavy (non-hydrogen) atoms.